The lowest BCUT2D eigenvalue weighted by atomic mass is 10.2. The Labute approximate surface area is 131 Å². The number of carbonyl (C=O) groups excluding carboxylic acids is 5. The predicted molar refractivity (Wildman–Crippen MR) is 78.1 cm³/mol. The molecule has 0 radical (unpaired) electrons. The third kappa shape index (κ3) is 3.18. The summed E-state index contributed by atoms with van der Waals surface area (Å²) in [6.45, 7) is 1.03. The first kappa shape index (κ1) is 16.1. The molecule has 1 aromatic carbocycles. The number of hydrogen-bond donors (Lipinski definition) is 2. The second-order valence-corrected chi connectivity index (χ2v) is 4.71. The average molecular weight is 318 g/mol. The van der Waals surface area contributed by atoms with Crippen LogP contribution in [0.3, 0.4) is 0 Å². The number of rotatable bonds is 5. The Kier molecular flexibility index (Phi) is 4.39. The van der Waals surface area contributed by atoms with Crippen LogP contribution in [0.2, 0.25) is 0 Å². The molecule has 1 aromatic rings. The molecule has 120 valence electrons. The van der Waals surface area contributed by atoms with Gasteiger partial charge in [-0.3, -0.25) is 24.1 Å². The van der Waals surface area contributed by atoms with Gasteiger partial charge in [0.15, 0.2) is 0 Å². The highest BCUT2D eigenvalue weighted by Gasteiger charge is 2.44. The summed E-state index contributed by atoms with van der Waals surface area (Å²) in [5.74, 6) is -3.23. The highest BCUT2D eigenvalue weighted by Crippen LogP contribution is 2.13. The Hall–Kier alpha value is -3.23. The van der Waals surface area contributed by atoms with Gasteiger partial charge in [-0.1, -0.05) is 0 Å². The number of imide groups is 2. The van der Waals surface area contributed by atoms with Crippen LogP contribution in [-0.4, -0.2) is 52.5 Å². The average Bonchev–Trinajstić information content (AvgIpc) is 2.71. The van der Waals surface area contributed by atoms with Crippen LogP contribution in [0.15, 0.2) is 24.3 Å². The number of nitrogens with one attached hydrogen (secondary N) is 1. The van der Waals surface area contributed by atoms with E-state index in [4.69, 9.17) is 5.73 Å². The molecule has 6 amide bonds. The smallest absolute Gasteiger partial charge is 0.334 e. The van der Waals surface area contributed by atoms with Crippen molar-refractivity contribution in [2.45, 2.75) is 6.92 Å². The zero-order chi connectivity index (χ0) is 17.1. The first-order valence-electron chi connectivity index (χ1n) is 6.72. The van der Waals surface area contributed by atoms with Crippen LogP contribution >= 0.6 is 0 Å². The fourth-order valence-corrected chi connectivity index (χ4v) is 2.03. The van der Waals surface area contributed by atoms with Crippen LogP contribution in [0.1, 0.15) is 17.3 Å². The number of benzene rings is 1. The number of nitrogens with zero attached hydrogens (tertiary/aromatic N) is 2. The SMILES string of the molecule is CCN1C(=O)C(=O)N(CC(=O)Nc2ccc(C(N)=O)cc2)C1=O. The molecule has 3 N–H and O–H groups in total. The molecule has 2 rings (SSSR count). The maximum atomic E-state index is 11.9. The highest BCUT2D eigenvalue weighted by molar-refractivity contribution is 6.45. The predicted octanol–water partition coefficient (Wildman–Crippen LogP) is -0.465. The largest absolute Gasteiger partial charge is 0.366 e. The Morgan fingerprint density at radius 3 is 2.09 bits per heavy atom. The van der Waals surface area contributed by atoms with Crippen LogP contribution in [0, 0.1) is 0 Å². The van der Waals surface area contributed by atoms with Gasteiger partial charge in [0, 0.05) is 17.8 Å². The van der Waals surface area contributed by atoms with E-state index >= 15 is 0 Å². The molecule has 1 heterocycles. The number of nitrogens with two attached hydrogens (primary N) is 1. The molecule has 1 aliphatic heterocycles. The molecular formula is C14H14N4O5. The van der Waals surface area contributed by atoms with Gasteiger partial charge in [0.2, 0.25) is 11.8 Å². The van der Waals surface area contributed by atoms with E-state index in [9.17, 15) is 24.0 Å². The second kappa shape index (κ2) is 6.26. The summed E-state index contributed by atoms with van der Waals surface area (Å²) < 4.78 is 0. The first-order valence-corrected chi connectivity index (χ1v) is 6.72. The third-order valence-corrected chi connectivity index (χ3v) is 3.21. The number of hydrogen-bond acceptors (Lipinski definition) is 5. The van der Waals surface area contributed by atoms with E-state index in [0.717, 1.165) is 4.90 Å². The van der Waals surface area contributed by atoms with Crippen molar-refractivity contribution >= 4 is 35.3 Å². The molecule has 23 heavy (non-hydrogen) atoms. The Morgan fingerprint density at radius 1 is 1.04 bits per heavy atom. The summed E-state index contributed by atoms with van der Waals surface area (Å²) >= 11 is 0. The topological polar surface area (TPSA) is 130 Å². The van der Waals surface area contributed by atoms with Crippen molar-refractivity contribution in [1.82, 2.24) is 9.80 Å². The van der Waals surface area contributed by atoms with E-state index in [1.165, 1.54) is 24.3 Å². The van der Waals surface area contributed by atoms with Gasteiger partial charge in [-0.05, 0) is 31.2 Å². The molecule has 0 aromatic heterocycles. The van der Waals surface area contributed by atoms with Gasteiger partial charge in [-0.25, -0.2) is 9.69 Å². The summed E-state index contributed by atoms with van der Waals surface area (Å²) in [6, 6.07) is 4.94. The number of amides is 6. The van der Waals surface area contributed by atoms with Crippen molar-refractivity contribution in [3.05, 3.63) is 29.8 Å². The van der Waals surface area contributed by atoms with E-state index in [0.29, 0.717) is 10.6 Å². The van der Waals surface area contributed by atoms with Crippen molar-refractivity contribution in [3.63, 3.8) is 0 Å². The third-order valence-electron chi connectivity index (χ3n) is 3.21. The molecule has 0 bridgehead atoms. The zero-order valence-corrected chi connectivity index (χ0v) is 12.2. The molecule has 0 atom stereocenters. The highest BCUT2D eigenvalue weighted by atomic mass is 16.2. The van der Waals surface area contributed by atoms with Crippen LogP contribution in [0.5, 0.6) is 0 Å². The lowest BCUT2D eigenvalue weighted by Gasteiger charge is -2.14. The lowest BCUT2D eigenvalue weighted by molar-refractivity contribution is -0.143. The number of primary amides is 1. The fraction of sp³-hybridized carbons (Fsp3) is 0.214. The quantitative estimate of drug-likeness (QED) is 0.560. The molecular weight excluding hydrogens is 304 g/mol. The van der Waals surface area contributed by atoms with Gasteiger partial charge in [0.05, 0.1) is 0 Å². The van der Waals surface area contributed by atoms with Crippen LogP contribution in [0.25, 0.3) is 0 Å². The molecule has 0 spiro atoms. The number of carbonyl (C=O) groups is 5. The standard InChI is InChI=1S/C14H14N4O5/c1-2-17-12(21)13(22)18(14(17)23)7-10(19)16-9-5-3-8(4-6-9)11(15)20/h3-6H,2,7H2,1H3,(H2,15,20)(H,16,19). The maximum absolute atomic E-state index is 11.9. The summed E-state index contributed by atoms with van der Waals surface area (Å²) in [5, 5.41) is 2.46. The Morgan fingerprint density at radius 2 is 1.61 bits per heavy atom. The minimum atomic E-state index is -1.03. The lowest BCUT2D eigenvalue weighted by Crippen LogP contribution is -2.38. The molecule has 9 nitrogen and oxygen atoms in total. The molecule has 0 saturated carbocycles. The van der Waals surface area contributed by atoms with E-state index in [1.807, 2.05) is 0 Å². The summed E-state index contributed by atoms with van der Waals surface area (Å²) in [7, 11) is 0. The van der Waals surface area contributed by atoms with Crippen molar-refractivity contribution in [3.8, 4) is 0 Å². The van der Waals surface area contributed by atoms with Crippen LogP contribution in [-0.2, 0) is 14.4 Å². The monoisotopic (exact) mass is 318 g/mol. The fourth-order valence-electron chi connectivity index (χ4n) is 2.03. The molecule has 0 unspecified atom stereocenters. The van der Waals surface area contributed by atoms with E-state index < -0.39 is 36.2 Å². The summed E-state index contributed by atoms with van der Waals surface area (Å²) in [5.41, 5.74) is 5.73. The second-order valence-electron chi connectivity index (χ2n) is 4.71. The van der Waals surface area contributed by atoms with Gasteiger partial charge in [0.1, 0.15) is 6.54 Å². The van der Waals surface area contributed by atoms with Gasteiger partial charge in [0.25, 0.3) is 0 Å². The van der Waals surface area contributed by atoms with E-state index in [-0.39, 0.29) is 12.1 Å². The van der Waals surface area contributed by atoms with Crippen molar-refractivity contribution in [2.24, 2.45) is 5.73 Å². The molecule has 0 aliphatic carbocycles. The number of urea groups is 1. The minimum absolute atomic E-state index is 0.0517. The van der Waals surface area contributed by atoms with E-state index in [1.54, 1.807) is 6.92 Å². The van der Waals surface area contributed by atoms with Crippen molar-refractivity contribution < 1.29 is 24.0 Å². The summed E-state index contributed by atoms with van der Waals surface area (Å²) in [4.78, 5) is 59.2. The Bertz CT molecular complexity index is 698. The first-order chi connectivity index (χ1) is 10.8. The molecule has 1 saturated heterocycles. The van der Waals surface area contributed by atoms with Crippen LogP contribution < -0.4 is 11.1 Å². The molecule has 1 aliphatic rings. The Balaban J connectivity index is 2.02. The van der Waals surface area contributed by atoms with Crippen LogP contribution in [0.4, 0.5) is 10.5 Å². The molecule has 9 heteroatoms. The molecule has 1 fully saturated rings. The van der Waals surface area contributed by atoms with Crippen molar-refractivity contribution in [1.29, 1.82) is 0 Å². The number of likely N-dealkylation sites (N-methyl/N-ethyl adjacent to an activating group) is 1. The van der Waals surface area contributed by atoms with Gasteiger partial charge in [-0.2, -0.15) is 0 Å². The van der Waals surface area contributed by atoms with Crippen molar-refractivity contribution in [2.75, 3.05) is 18.4 Å². The zero-order valence-electron chi connectivity index (χ0n) is 12.2. The van der Waals surface area contributed by atoms with Gasteiger partial charge < -0.3 is 11.1 Å². The summed E-state index contributed by atoms with van der Waals surface area (Å²) in [6.07, 6.45) is 0. The maximum Gasteiger partial charge on any atom is 0.334 e. The number of anilines is 1. The van der Waals surface area contributed by atoms with Gasteiger partial charge >= 0.3 is 17.8 Å². The minimum Gasteiger partial charge on any atom is -0.366 e. The normalized spacial score (nSPS) is 14.4. The van der Waals surface area contributed by atoms with Gasteiger partial charge in [-0.15, -0.1) is 0 Å². The van der Waals surface area contributed by atoms with E-state index in [2.05, 4.69) is 5.32 Å².